The molecule has 0 bridgehead atoms. The van der Waals surface area contributed by atoms with E-state index in [-0.39, 0.29) is 11.3 Å². The van der Waals surface area contributed by atoms with Gasteiger partial charge < -0.3 is 10.4 Å². The van der Waals surface area contributed by atoms with E-state index in [0.29, 0.717) is 11.5 Å². The lowest BCUT2D eigenvalue weighted by molar-refractivity contribution is -0.138. The molecule has 0 fully saturated rings. The van der Waals surface area contributed by atoms with Crippen LogP contribution in [0.1, 0.15) is 40.4 Å². The fourth-order valence-electron chi connectivity index (χ4n) is 2.01. The summed E-state index contributed by atoms with van der Waals surface area (Å²) in [5.41, 5.74) is 0.442. The van der Waals surface area contributed by atoms with Crippen LogP contribution in [0.5, 0.6) is 0 Å². The van der Waals surface area contributed by atoms with E-state index in [1.807, 2.05) is 34.6 Å². The van der Waals surface area contributed by atoms with Crippen LogP contribution in [0.4, 0.5) is 5.82 Å². The highest BCUT2D eigenvalue weighted by Crippen LogP contribution is 2.21. The Morgan fingerprint density at radius 1 is 1.29 bits per heavy atom. The first-order valence-electron chi connectivity index (χ1n) is 6.92. The van der Waals surface area contributed by atoms with Gasteiger partial charge in [0, 0.05) is 5.41 Å². The number of rotatable bonds is 4. The molecule has 7 heteroatoms. The van der Waals surface area contributed by atoms with Crippen molar-refractivity contribution in [3.63, 3.8) is 0 Å². The molecule has 7 nitrogen and oxygen atoms in total. The summed E-state index contributed by atoms with van der Waals surface area (Å²) in [7, 11) is 0. The van der Waals surface area contributed by atoms with Gasteiger partial charge in [0.05, 0.1) is 0 Å². The van der Waals surface area contributed by atoms with Gasteiger partial charge in [-0.2, -0.15) is 4.52 Å². The van der Waals surface area contributed by atoms with Gasteiger partial charge in [-0.25, -0.2) is 4.79 Å². The second kappa shape index (κ2) is 5.31. The summed E-state index contributed by atoms with van der Waals surface area (Å²) in [6, 6.07) is 2.80. The Morgan fingerprint density at radius 2 is 1.95 bits per heavy atom. The number of nitrogens with one attached hydrogen (secondary N) is 1. The Labute approximate surface area is 123 Å². The smallest absolute Gasteiger partial charge is 0.326 e. The Kier molecular flexibility index (Phi) is 3.85. The third-order valence-electron chi connectivity index (χ3n) is 3.17. The van der Waals surface area contributed by atoms with E-state index in [0.717, 1.165) is 5.82 Å². The molecule has 2 aromatic heterocycles. The maximum absolute atomic E-state index is 11.3. The van der Waals surface area contributed by atoms with Crippen LogP contribution in [0.3, 0.4) is 0 Å². The quantitative estimate of drug-likeness (QED) is 0.894. The van der Waals surface area contributed by atoms with Crippen LogP contribution in [-0.2, 0) is 10.2 Å². The molecule has 114 valence electrons. The molecule has 2 N–H and O–H groups in total. The maximum atomic E-state index is 11.3. The van der Waals surface area contributed by atoms with Gasteiger partial charge in [0.1, 0.15) is 11.9 Å². The van der Waals surface area contributed by atoms with Crippen LogP contribution in [-0.4, -0.2) is 36.9 Å². The topological polar surface area (TPSA) is 92.4 Å². The van der Waals surface area contributed by atoms with Crippen molar-refractivity contribution in [1.29, 1.82) is 0 Å². The minimum Gasteiger partial charge on any atom is -0.480 e. The lowest BCUT2D eigenvalue weighted by Gasteiger charge is -2.19. The van der Waals surface area contributed by atoms with E-state index in [2.05, 4.69) is 20.6 Å². The Hall–Kier alpha value is -2.18. The zero-order valence-corrected chi connectivity index (χ0v) is 13.0. The van der Waals surface area contributed by atoms with Crippen molar-refractivity contribution in [2.24, 2.45) is 5.92 Å². The third-order valence-corrected chi connectivity index (χ3v) is 3.17. The molecule has 0 aliphatic heterocycles. The average Bonchev–Trinajstić information content (AvgIpc) is 2.77. The number of aromatic nitrogens is 4. The molecule has 2 heterocycles. The highest BCUT2D eigenvalue weighted by atomic mass is 16.4. The van der Waals surface area contributed by atoms with E-state index in [1.165, 1.54) is 0 Å². The van der Waals surface area contributed by atoms with Crippen molar-refractivity contribution in [2.75, 3.05) is 5.32 Å². The predicted molar refractivity (Wildman–Crippen MR) is 79.4 cm³/mol. The number of nitrogens with zero attached hydrogens (tertiary/aromatic N) is 4. The largest absolute Gasteiger partial charge is 0.480 e. The monoisotopic (exact) mass is 291 g/mol. The zero-order valence-electron chi connectivity index (χ0n) is 13.0. The molecule has 2 rings (SSSR count). The summed E-state index contributed by atoms with van der Waals surface area (Å²) in [6.07, 6.45) is 0. The predicted octanol–water partition coefficient (Wildman–Crippen LogP) is 1.94. The molecule has 0 saturated heterocycles. The highest BCUT2D eigenvalue weighted by Gasteiger charge is 2.24. The molecule has 1 atom stereocenters. The van der Waals surface area contributed by atoms with Crippen molar-refractivity contribution >= 4 is 17.4 Å². The van der Waals surface area contributed by atoms with E-state index >= 15 is 0 Å². The summed E-state index contributed by atoms with van der Waals surface area (Å²) in [5.74, 6) is 0.279. The van der Waals surface area contributed by atoms with Gasteiger partial charge in [0.2, 0.25) is 0 Å². The first-order valence-corrected chi connectivity index (χ1v) is 6.92. The number of hydrogen-bond acceptors (Lipinski definition) is 5. The molecule has 0 amide bonds. The van der Waals surface area contributed by atoms with Crippen LogP contribution < -0.4 is 5.32 Å². The fraction of sp³-hybridized carbons (Fsp3) is 0.571. The fourth-order valence-corrected chi connectivity index (χ4v) is 2.01. The minimum absolute atomic E-state index is 0.0528. The molecular weight excluding hydrogens is 270 g/mol. The van der Waals surface area contributed by atoms with Crippen LogP contribution in [0.15, 0.2) is 12.1 Å². The van der Waals surface area contributed by atoms with Gasteiger partial charge in [-0.1, -0.05) is 34.6 Å². The van der Waals surface area contributed by atoms with Gasteiger partial charge >= 0.3 is 5.97 Å². The van der Waals surface area contributed by atoms with E-state index < -0.39 is 12.0 Å². The van der Waals surface area contributed by atoms with Crippen molar-refractivity contribution in [3.8, 4) is 0 Å². The van der Waals surface area contributed by atoms with Gasteiger partial charge in [0.25, 0.3) is 0 Å². The number of hydrogen-bond donors (Lipinski definition) is 2. The highest BCUT2D eigenvalue weighted by molar-refractivity contribution is 5.77. The molecule has 0 aliphatic rings. The third kappa shape index (κ3) is 3.12. The molecule has 0 unspecified atom stereocenters. The first kappa shape index (κ1) is 15.2. The maximum Gasteiger partial charge on any atom is 0.326 e. The van der Waals surface area contributed by atoms with Crippen molar-refractivity contribution in [2.45, 2.75) is 46.1 Å². The number of carboxylic acid groups (broad SMARTS) is 1. The van der Waals surface area contributed by atoms with Crippen LogP contribution in [0.2, 0.25) is 0 Å². The van der Waals surface area contributed by atoms with Gasteiger partial charge in [-0.15, -0.1) is 15.3 Å². The van der Waals surface area contributed by atoms with Crippen molar-refractivity contribution in [3.05, 3.63) is 18.0 Å². The molecular formula is C14H21N5O2. The number of carbonyl (C=O) groups is 1. The van der Waals surface area contributed by atoms with Crippen LogP contribution >= 0.6 is 0 Å². The van der Waals surface area contributed by atoms with Gasteiger partial charge in [0.15, 0.2) is 11.5 Å². The molecule has 2 aromatic rings. The van der Waals surface area contributed by atoms with Gasteiger partial charge in [-0.3, -0.25) is 0 Å². The lowest BCUT2D eigenvalue weighted by Crippen LogP contribution is -2.34. The normalized spacial score (nSPS) is 13.6. The second-order valence-electron chi connectivity index (χ2n) is 6.47. The summed E-state index contributed by atoms with van der Waals surface area (Å²) < 4.78 is 1.65. The van der Waals surface area contributed by atoms with Crippen LogP contribution in [0.25, 0.3) is 5.65 Å². The summed E-state index contributed by atoms with van der Waals surface area (Å²) >= 11 is 0. The zero-order chi connectivity index (χ0) is 15.8. The molecule has 0 spiro atoms. The molecule has 21 heavy (non-hydrogen) atoms. The first-order chi connectivity index (χ1) is 9.70. The van der Waals surface area contributed by atoms with Crippen molar-refractivity contribution < 1.29 is 9.90 Å². The SMILES string of the molecule is CC(C)[C@H](Nc1ccc2nnc(C(C)(C)C)n2n1)C(=O)O. The lowest BCUT2D eigenvalue weighted by atomic mass is 9.96. The minimum atomic E-state index is -0.897. The number of fused-ring (bicyclic) bond motifs is 1. The molecule has 0 aromatic carbocycles. The molecule has 0 saturated carbocycles. The average molecular weight is 291 g/mol. The number of aliphatic carboxylic acids is 1. The van der Waals surface area contributed by atoms with E-state index in [9.17, 15) is 9.90 Å². The molecule has 0 aliphatic carbocycles. The van der Waals surface area contributed by atoms with E-state index in [1.54, 1.807) is 16.6 Å². The number of anilines is 1. The summed E-state index contributed by atoms with van der Waals surface area (Å²) in [5, 5.41) is 24.9. The molecule has 0 radical (unpaired) electrons. The number of carboxylic acids is 1. The second-order valence-corrected chi connectivity index (χ2v) is 6.47. The van der Waals surface area contributed by atoms with E-state index in [4.69, 9.17) is 0 Å². The van der Waals surface area contributed by atoms with Gasteiger partial charge in [-0.05, 0) is 18.1 Å². The Morgan fingerprint density at radius 3 is 2.48 bits per heavy atom. The summed E-state index contributed by atoms with van der Waals surface area (Å²) in [6.45, 7) is 9.78. The Bertz CT molecular complexity index is 657. The van der Waals surface area contributed by atoms with Crippen molar-refractivity contribution in [1.82, 2.24) is 19.8 Å². The van der Waals surface area contributed by atoms with Crippen LogP contribution in [0, 0.1) is 5.92 Å². The Balaban J connectivity index is 2.40. The summed E-state index contributed by atoms with van der Waals surface area (Å²) in [4.78, 5) is 11.3. The standard InChI is InChI=1S/C14H21N5O2/c1-8(2)11(12(20)21)15-9-6-7-10-16-17-13(14(3,4)5)19(10)18-9/h6-8,11H,1-5H3,(H,15,18)(H,20,21)/t11-/m0/s1.